The molecule has 0 bridgehead atoms. The number of halogens is 2. The van der Waals surface area contributed by atoms with Crippen LogP contribution in [0.25, 0.3) is 0 Å². The van der Waals surface area contributed by atoms with Gasteiger partial charge in [-0.15, -0.1) is 0 Å². The number of hydrogen-bond acceptors (Lipinski definition) is 5. The van der Waals surface area contributed by atoms with Crippen LogP contribution >= 0.6 is 0 Å². The van der Waals surface area contributed by atoms with Crippen molar-refractivity contribution in [2.75, 3.05) is 6.61 Å². The van der Waals surface area contributed by atoms with Crippen molar-refractivity contribution in [3.05, 3.63) is 65.0 Å². The van der Waals surface area contributed by atoms with Crippen molar-refractivity contribution in [2.45, 2.75) is 32.5 Å². The molecule has 0 aliphatic carbocycles. The fourth-order valence-electron chi connectivity index (χ4n) is 3.00. The zero-order valence-electron chi connectivity index (χ0n) is 15.7. The van der Waals surface area contributed by atoms with Crippen molar-refractivity contribution < 1.29 is 23.1 Å². The van der Waals surface area contributed by atoms with Gasteiger partial charge >= 0.3 is 6.61 Å². The van der Waals surface area contributed by atoms with Gasteiger partial charge in [-0.3, -0.25) is 19.6 Å². The second kappa shape index (κ2) is 9.33. The zero-order chi connectivity index (χ0) is 20.8. The van der Waals surface area contributed by atoms with Crippen molar-refractivity contribution in [3.63, 3.8) is 0 Å². The monoisotopic (exact) mass is 402 g/mol. The second-order valence-electron chi connectivity index (χ2n) is 6.48. The summed E-state index contributed by atoms with van der Waals surface area (Å²) in [6, 6.07) is 9.81. The van der Waals surface area contributed by atoms with Gasteiger partial charge in [0, 0.05) is 18.7 Å². The number of pyridine rings is 1. The van der Waals surface area contributed by atoms with Gasteiger partial charge in [-0.25, -0.2) is 0 Å². The maximum Gasteiger partial charge on any atom is 0.345 e. The van der Waals surface area contributed by atoms with Crippen LogP contribution in [0.5, 0.6) is 0 Å². The number of nitrogens with one attached hydrogen (secondary N) is 2. The number of ether oxygens (including phenoxy) is 1. The van der Waals surface area contributed by atoms with Gasteiger partial charge in [-0.2, -0.15) is 8.78 Å². The van der Waals surface area contributed by atoms with Gasteiger partial charge in [0.15, 0.2) is 0 Å². The lowest BCUT2D eigenvalue weighted by Gasteiger charge is -2.19. The van der Waals surface area contributed by atoms with Crippen LogP contribution in [0, 0.1) is 0 Å². The van der Waals surface area contributed by atoms with Crippen LogP contribution in [0.15, 0.2) is 47.6 Å². The summed E-state index contributed by atoms with van der Waals surface area (Å²) < 4.78 is 29.3. The number of rotatable bonds is 7. The molecule has 0 saturated heterocycles. The number of carbonyl (C=O) groups is 2. The Bertz CT molecular complexity index is 919. The lowest BCUT2D eigenvalue weighted by molar-refractivity contribution is -0.138. The highest BCUT2D eigenvalue weighted by Gasteiger charge is 2.20. The Balaban J connectivity index is 1.65. The van der Waals surface area contributed by atoms with Gasteiger partial charge in [-0.05, 0) is 17.2 Å². The van der Waals surface area contributed by atoms with E-state index in [1.165, 1.54) is 6.92 Å². The van der Waals surface area contributed by atoms with Gasteiger partial charge in [0.2, 0.25) is 11.8 Å². The van der Waals surface area contributed by atoms with Crippen molar-refractivity contribution in [1.29, 1.82) is 0 Å². The quantitative estimate of drug-likeness (QED) is 0.742. The molecular weight excluding hydrogens is 382 g/mol. The van der Waals surface area contributed by atoms with E-state index in [0.717, 1.165) is 11.1 Å². The first-order chi connectivity index (χ1) is 13.9. The van der Waals surface area contributed by atoms with Gasteiger partial charge in [-0.1, -0.05) is 30.3 Å². The molecule has 1 atom stereocenters. The predicted molar refractivity (Wildman–Crippen MR) is 101 cm³/mol. The summed E-state index contributed by atoms with van der Waals surface area (Å²) in [5.41, 5.74) is 2.75. The van der Waals surface area contributed by atoms with Gasteiger partial charge < -0.3 is 15.4 Å². The van der Waals surface area contributed by atoms with Crippen molar-refractivity contribution >= 4 is 17.6 Å². The summed E-state index contributed by atoms with van der Waals surface area (Å²) >= 11 is 0. The Morgan fingerprint density at radius 1 is 1.24 bits per heavy atom. The molecule has 0 fully saturated rings. The summed E-state index contributed by atoms with van der Waals surface area (Å²) in [6.45, 7) is -1.49. The maximum atomic E-state index is 12.5. The summed E-state index contributed by atoms with van der Waals surface area (Å²) in [6.07, 6.45) is 1.54. The van der Waals surface area contributed by atoms with Crippen LogP contribution in [0.2, 0.25) is 0 Å². The summed E-state index contributed by atoms with van der Waals surface area (Å²) in [5, 5.41) is 5.36. The number of aliphatic imine (C=N–C) groups is 1. The molecule has 1 aliphatic rings. The predicted octanol–water partition coefficient (Wildman–Crippen LogP) is 2.12. The molecule has 1 aliphatic heterocycles. The minimum absolute atomic E-state index is 0.0270. The largest absolute Gasteiger partial charge is 0.347 e. The Morgan fingerprint density at radius 2 is 2.00 bits per heavy atom. The lowest BCUT2D eigenvalue weighted by atomic mass is 10.1. The molecule has 2 aromatic rings. The van der Waals surface area contributed by atoms with E-state index in [2.05, 4.69) is 25.3 Å². The van der Waals surface area contributed by atoms with Crippen LogP contribution in [0.4, 0.5) is 8.78 Å². The van der Waals surface area contributed by atoms with Gasteiger partial charge in [0.1, 0.15) is 5.84 Å². The van der Waals surface area contributed by atoms with Crippen LogP contribution in [-0.2, 0) is 27.3 Å². The van der Waals surface area contributed by atoms with Crippen LogP contribution in [-0.4, -0.2) is 35.9 Å². The van der Waals surface area contributed by atoms with E-state index in [1.807, 2.05) is 0 Å². The number of nitrogens with zero attached hydrogens (tertiary/aromatic N) is 2. The molecule has 0 saturated carbocycles. The van der Waals surface area contributed by atoms with E-state index < -0.39 is 12.7 Å². The molecule has 7 nitrogen and oxygen atoms in total. The summed E-state index contributed by atoms with van der Waals surface area (Å²) in [5.74, 6) is -0.132. The molecule has 1 aromatic carbocycles. The number of fused-ring (bicyclic) bond motifs is 1. The third kappa shape index (κ3) is 5.64. The highest BCUT2D eigenvalue weighted by Crippen LogP contribution is 2.19. The van der Waals surface area contributed by atoms with E-state index in [9.17, 15) is 18.4 Å². The summed E-state index contributed by atoms with van der Waals surface area (Å²) in [4.78, 5) is 32.2. The molecule has 0 radical (unpaired) electrons. The van der Waals surface area contributed by atoms with E-state index in [4.69, 9.17) is 0 Å². The Kier molecular flexibility index (Phi) is 6.61. The summed E-state index contributed by atoms with van der Waals surface area (Å²) in [7, 11) is 0. The van der Waals surface area contributed by atoms with E-state index in [1.54, 1.807) is 42.6 Å². The zero-order valence-corrected chi connectivity index (χ0v) is 15.7. The molecular formula is C20H20F2N4O3. The van der Waals surface area contributed by atoms with Crippen LogP contribution in [0.1, 0.15) is 35.3 Å². The normalized spacial score (nSPS) is 13.6. The molecule has 9 heteroatoms. The fourth-order valence-corrected chi connectivity index (χ4v) is 3.00. The fraction of sp³-hybridized carbons (Fsp3) is 0.300. The van der Waals surface area contributed by atoms with Crippen LogP contribution < -0.4 is 10.6 Å². The Hall–Kier alpha value is -3.20. The third-order valence-electron chi connectivity index (χ3n) is 4.27. The topological polar surface area (TPSA) is 92.7 Å². The number of carbonyl (C=O) groups excluding carboxylic acids is 2. The highest BCUT2D eigenvalue weighted by atomic mass is 19.3. The van der Waals surface area contributed by atoms with Gasteiger partial charge in [0.25, 0.3) is 0 Å². The first kappa shape index (κ1) is 20.5. The number of amidine groups is 1. The minimum atomic E-state index is -2.92. The Morgan fingerprint density at radius 3 is 2.69 bits per heavy atom. The molecule has 2 amide bonds. The van der Waals surface area contributed by atoms with Gasteiger partial charge in [0.05, 0.1) is 31.3 Å². The smallest absolute Gasteiger partial charge is 0.345 e. The molecule has 0 unspecified atom stereocenters. The third-order valence-corrected chi connectivity index (χ3v) is 4.27. The van der Waals surface area contributed by atoms with Crippen molar-refractivity contribution in [2.24, 2.45) is 4.99 Å². The maximum absolute atomic E-state index is 12.5. The molecule has 2 heterocycles. The van der Waals surface area contributed by atoms with E-state index >= 15 is 0 Å². The molecule has 152 valence electrons. The molecule has 0 spiro atoms. The van der Waals surface area contributed by atoms with Crippen molar-refractivity contribution in [3.8, 4) is 0 Å². The van der Waals surface area contributed by atoms with Crippen molar-refractivity contribution in [1.82, 2.24) is 15.6 Å². The number of amides is 2. The van der Waals surface area contributed by atoms with E-state index in [-0.39, 0.29) is 24.8 Å². The number of hydrogen-bond donors (Lipinski definition) is 2. The number of aromatic nitrogens is 1. The average molecular weight is 402 g/mol. The molecule has 1 aromatic heterocycles. The first-order valence-electron chi connectivity index (χ1n) is 8.96. The van der Waals surface area contributed by atoms with Crippen LogP contribution in [0.3, 0.4) is 0 Å². The second-order valence-corrected chi connectivity index (χ2v) is 6.48. The average Bonchev–Trinajstić information content (AvgIpc) is 3.07. The molecule has 3 rings (SSSR count). The number of benzene rings is 1. The molecule has 29 heavy (non-hydrogen) atoms. The minimum Gasteiger partial charge on any atom is -0.347 e. The SMILES string of the molecule is CC(=O)NC1=NCc2cc(CC(=O)N[C@H](COC(F)F)c3ccccc3)ncc21. The lowest BCUT2D eigenvalue weighted by Crippen LogP contribution is -2.33. The molecule has 2 N–H and O–H groups in total. The number of alkyl halides is 2. The Labute approximate surface area is 166 Å². The first-order valence-corrected chi connectivity index (χ1v) is 8.96. The standard InChI is InChI=1S/C20H20F2N4O3/c1-12(27)25-19-16-10-23-15(7-14(16)9-24-19)8-18(28)26-17(11-29-20(21)22)13-5-3-2-4-6-13/h2-7,10,17,20H,8-9,11H2,1H3,(H,26,28)(H,24,25,27)/t17-/m1/s1. The van der Waals surface area contributed by atoms with E-state index in [0.29, 0.717) is 23.6 Å². The highest BCUT2D eigenvalue weighted by molar-refractivity contribution is 6.09.